The van der Waals surface area contributed by atoms with Crippen LogP contribution in [0.25, 0.3) is 10.6 Å². The maximum Gasteiger partial charge on any atom is 0.233 e. The summed E-state index contributed by atoms with van der Waals surface area (Å²) in [4.78, 5) is 19.0. The fourth-order valence-electron chi connectivity index (χ4n) is 2.84. The van der Waals surface area contributed by atoms with Crippen molar-refractivity contribution in [1.29, 1.82) is 0 Å². The number of ether oxygens (including phenoxy) is 2. The van der Waals surface area contributed by atoms with Crippen LogP contribution in [0.5, 0.6) is 11.5 Å². The molecule has 0 aliphatic carbocycles. The molecule has 1 aromatic carbocycles. The average Bonchev–Trinajstić information content (AvgIpc) is 3.22. The molecule has 0 radical (unpaired) electrons. The molecule has 0 unspecified atom stereocenters. The van der Waals surface area contributed by atoms with Crippen LogP contribution in [0.4, 0.5) is 5.13 Å². The Balaban J connectivity index is 1.83. The lowest BCUT2D eigenvalue weighted by Crippen LogP contribution is -2.35. The van der Waals surface area contributed by atoms with E-state index in [1.165, 1.54) is 11.3 Å². The minimum absolute atomic E-state index is 0.0418. The third-order valence-electron chi connectivity index (χ3n) is 4.21. The molecule has 0 N–H and O–H groups in total. The van der Waals surface area contributed by atoms with Gasteiger partial charge in [-0.15, -0.1) is 10.2 Å². The first-order valence-corrected chi connectivity index (χ1v) is 10.1. The van der Waals surface area contributed by atoms with Crippen molar-refractivity contribution in [3.8, 4) is 22.1 Å². The lowest BCUT2D eigenvalue weighted by molar-refractivity contribution is -0.118. The number of nitrogens with zero attached hydrogens (tertiary/aromatic N) is 4. The van der Waals surface area contributed by atoms with E-state index < -0.39 is 0 Å². The lowest BCUT2D eigenvalue weighted by Gasteiger charge is -2.21. The first kappa shape index (κ1) is 20.7. The van der Waals surface area contributed by atoms with Crippen LogP contribution < -0.4 is 14.4 Å². The van der Waals surface area contributed by atoms with E-state index in [1.54, 1.807) is 37.6 Å². The van der Waals surface area contributed by atoms with Gasteiger partial charge in [-0.2, -0.15) is 0 Å². The van der Waals surface area contributed by atoms with Gasteiger partial charge in [0.15, 0.2) is 16.5 Å². The summed E-state index contributed by atoms with van der Waals surface area (Å²) in [5.74, 6) is 1.48. The number of carbonyl (C=O) groups is 1. The molecule has 7 nitrogen and oxygen atoms in total. The van der Waals surface area contributed by atoms with Gasteiger partial charge in [-0.3, -0.25) is 14.7 Å². The number of hydrogen-bond donors (Lipinski definition) is 0. The van der Waals surface area contributed by atoms with Gasteiger partial charge in [0.05, 0.1) is 20.6 Å². The second-order valence-electron chi connectivity index (χ2n) is 6.90. The number of hydrogen-bond acceptors (Lipinski definition) is 7. The number of carbonyl (C=O) groups excluding carboxylic acids is 1. The van der Waals surface area contributed by atoms with Crippen LogP contribution in [0.3, 0.4) is 0 Å². The summed E-state index contributed by atoms with van der Waals surface area (Å²) in [6.07, 6.45) is 3.68. The highest BCUT2D eigenvalue weighted by molar-refractivity contribution is 7.18. The van der Waals surface area contributed by atoms with E-state index in [0.717, 1.165) is 16.1 Å². The zero-order valence-corrected chi connectivity index (χ0v) is 17.8. The number of aromatic nitrogens is 3. The summed E-state index contributed by atoms with van der Waals surface area (Å²) in [5, 5.41) is 9.85. The molecule has 0 atom stereocenters. The van der Waals surface area contributed by atoms with Gasteiger partial charge < -0.3 is 9.47 Å². The Hall–Kier alpha value is -3.00. The van der Waals surface area contributed by atoms with Crippen LogP contribution >= 0.6 is 11.3 Å². The van der Waals surface area contributed by atoms with E-state index in [4.69, 9.17) is 9.47 Å². The molecular weight excluding hydrogens is 388 g/mol. The Morgan fingerprint density at radius 1 is 1.14 bits per heavy atom. The average molecular weight is 413 g/mol. The molecule has 2 aromatic heterocycles. The molecule has 0 bridgehead atoms. The molecule has 8 heteroatoms. The minimum Gasteiger partial charge on any atom is -0.493 e. The summed E-state index contributed by atoms with van der Waals surface area (Å²) in [5.41, 5.74) is 1.73. The molecule has 0 aliphatic rings. The van der Waals surface area contributed by atoms with Gasteiger partial charge in [-0.1, -0.05) is 31.3 Å². The zero-order valence-electron chi connectivity index (χ0n) is 17.0. The molecular formula is C21H24N4O3S. The van der Waals surface area contributed by atoms with Gasteiger partial charge in [-0.05, 0) is 35.7 Å². The van der Waals surface area contributed by atoms with Crippen molar-refractivity contribution in [1.82, 2.24) is 15.2 Å². The van der Waals surface area contributed by atoms with Gasteiger partial charge in [0.25, 0.3) is 0 Å². The van der Waals surface area contributed by atoms with Crippen LogP contribution in [0.2, 0.25) is 0 Å². The lowest BCUT2D eigenvalue weighted by atomic mass is 10.1. The van der Waals surface area contributed by atoms with Crippen LogP contribution in [0.1, 0.15) is 19.4 Å². The van der Waals surface area contributed by atoms with Crippen molar-refractivity contribution in [2.24, 2.45) is 5.92 Å². The Kier molecular flexibility index (Phi) is 6.77. The normalized spacial score (nSPS) is 10.8. The Morgan fingerprint density at radius 2 is 1.93 bits per heavy atom. The number of amides is 1. The minimum atomic E-state index is -0.0418. The summed E-state index contributed by atoms with van der Waals surface area (Å²) in [7, 11) is 3.16. The summed E-state index contributed by atoms with van der Waals surface area (Å²) < 4.78 is 10.6. The standard InChI is InChI=1S/C21H24N4O3S/c1-14(2)13-25(21-24-23-20(29-21)16-6-5-9-22-12-16)19(26)11-15-7-8-17(27-3)18(10-15)28-4/h5-10,12,14H,11,13H2,1-4H3. The van der Waals surface area contributed by atoms with E-state index in [9.17, 15) is 4.79 Å². The van der Waals surface area contributed by atoms with Crippen molar-refractivity contribution in [2.75, 3.05) is 25.7 Å². The number of rotatable bonds is 8. The predicted molar refractivity (Wildman–Crippen MR) is 114 cm³/mol. The third-order valence-corrected chi connectivity index (χ3v) is 5.20. The van der Waals surface area contributed by atoms with Crippen LogP contribution in [-0.2, 0) is 11.2 Å². The summed E-state index contributed by atoms with van der Waals surface area (Å²) in [6, 6.07) is 9.28. The van der Waals surface area contributed by atoms with Gasteiger partial charge >= 0.3 is 0 Å². The maximum atomic E-state index is 13.1. The monoisotopic (exact) mass is 412 g/mol. The van der Waals surface area contributed by atoms with E-state index in [0.29, 0.717) is 23.2 Å². The van der Waals surface area contributed by atoms with E-state index in [1.807, 2.05) is 24.3 Å². The van der Waals surface area contributed by atoms with Crippen LogP contribution in [0, 0.1) is 5.92 Å². The second-order valence-corrected chi connectivity index (χ2v) is 7.85. The topological polar surface area (TPSA) is 77.4 Å². The Labute approximate surface area is 174 Å². The number of benzene rings is 1. The van der Waals surface area contributed by atoms with Crippen LogP contribution in [0.15, 0.2) is 42.7 Å². The molecule has 29 heavy (non-hydrogen) atoms. The van der Waals surface area contributed by atoms with Crippen molar-refractivity contribution >= 4 is 22.4 Å². The molecule has 2 heterocycles. The van der Waals surface area contributed by atoms with Crippen molar-refractivity contribution in [3.05, 3.63) is 48.3 Å². The second kappa shape index (κ2) is 9.47. The molecule has 152 valence electrons. The molecule has 3 aromatic rings. The smallest absolute Gasteiger partial charge is 0.233 e. The molecule has 0 saturated heterocycles. The van der Waals surface area contributed by atoms with Crippen LogP contribution in [-0.4, -0.2) is 41.9 Å². The van der Waals surface area contributed by atoms with E-state index >= 15 is 0 Å². The summed E-state index contributed by atoms with van der Waals surface area (Å²) >= 11 is 1.39. The fourth-order valence-corrected chi connectivity index (χ4v) is 3.70. The SMILES string of the molecule is COc1ccc(CC(=O)N(CC(C)C)c2nnc(-c3cccnc3)s2)cc1OC. The zero-order chi connectivity index (χ0) is 20.8. The molecule has 0 spiro atoms. The first-order valence-electron chi connectivity index (χ1n) is 9.27. The van der Waals surface area contributed by atoms with E-state index in [2.05, 4.69) is 29.0 Å². The quantitative estimate of drug-likeness (QED) is 0.559. The largest absolute Gasteiger partial charge is 0.493 e. The third kappa shape index (κ3) is 5.08. The Morgan fingerprint density at radius 3 is 2.59 bits per heavy atom. The maximum absolute atomic E-state index is 13.1. The predicted octanol–water partition coefficient (Wildman–Crippen LogP) is 3.85. The van der Waals surface area contributed by atoms with Gasteiger partial charge in [0.2, 0.25) is 11.0 Å². The van der Waals surface area contributed by atoms with Gasteiger partial charge in [0.1, 0.15) is 0 Å². The van der Waals surface area contributed by atoms with Crippen molar-refractivity contribution in [2.45, 2.75) is 20.3 Å². The molecule has 0 saturated carbocycles. The number of pyridine rings is 1. The van der Waals surface area contributed by atoms with Gasteiger partial charge in [0, 0.05) is 24.5 Å². The first-order chi connectivity index (χ1) is 14.0. The number of methoxy groups -OCH3 is 2. The molecule has 0 aliphatic heterocycles. The highest BCUT2D eigenvalue weighted by Crippen LogP contribution is 2.30. The molecule has 0 fully saturated rings. The van der Waals surface area contributed by atoms with E-state index in [-0.39, 0.29) is 18.2 Å². The Bertz CT molecular complexity index is 960. The van der Waals surface area contributed by atoms with Gasteiger partial charge in [-0.25, -0.2) is 0 Å². The highest BCUT2D eigenvalue weighted by atomic mass is 32.1. The highest BCUT2D eigenvalue weighted by Gasteiger charge is 2.22. The molecule has 1 amide bonds. The number of anilines is 1. The van der Waals surface area contributed by atoms with Crippen molar-refractivity contribution in [3.63, 3.8) is 0 Å². The fraction of sp³-hybridized carbons (Fsp3) is 0.333. The summed E-state index contributed by atoms with van der Waals surface area (Å²) in [6.45, 7) is 4.70. The van der Waals surface area contributed by atoms with Crippen molar-refractivity contribution < 1.29 is 14.3 Å². The molecule has 3 rings (SSSR count).